The first kappa shape index (κ1) is 12.1. The molecule has 0 atom stereocenters. The Kier molecular flexibility index (Phi) is 3.31. The number of hydrogen-bond donors (Lipinski definition) is 1. The molecule has 4 nitrogen and oxygen atoms in total. The summed E-state index contributed by atoms with van der Waals surface area (Å²) in [5.41, 5.74) is 0.797. The molecule has 0 bridgehead atoms. The van der Waals surface area contributed by atoms with E-state index in [1.165, 1.54) is 18.2 Å². The standard InChI is InChI=1S/C13H10N2O2S/c14-10-11-5-4-8-13(9-11)18(16,17)15-12-6-2-1-3-7-12/h1-9,15H. The van der Waals surface area contributed by atoms with Gasteiger partial charge in [0.2, 0.25) is 0 Å². The first-order valence-electron chi connectivity index (χ1n) is 5.20. The van der Waals surface area contributed by atoms with Gasteiger partial charge in [-0.3, -0.25) is 4.72 Å². The quantitative estimate of drug-likeness (QED) is 0.918. The maximum Gasteiger partial charge on any atom is 0.261 e. The Bertz CT molecular complexity index is 688. The van der Waals surface area contributed by atoms with Gasteiger partial charge in [0.05, 0.1) is 16.5 Å². The van der Waals surface area contributed by atoms with Crippen molar-refractivity contribution < 1.29 is 8.42 Å². The summed E-state index contributed by atoms with van der Waals surface area (Å²) in [5, 5.41) is 8.75. The lowest BCUT2D eigenvalue weighted by Crippen LogP contribution is -2.12. The molecule has 0 radical (unpaired) electrons. The molecule has 1 N–H and O–H groups in total. The minimum Gasteiger partial charge on any atom is -0.280 e. The second kappa shape index (κ2) is 4.90. The molecule has 0 heterocycles. The molecule has 2 rings (SSSR count). The van der Waals surface area contributed by atoms with Crippen LogP contribution in [0.25, 0.3) is 0 Å². The molecule has 2 aromatic carbocycles. The van der Waals surface area contributed by atoms with Crippen molar-refractivity contribution in [2.75, 3.05) is 4.72 Å². The first-order valence-corrected chi connectivity index (χ1v) is 6.68. The highest BCUT2D eigenvalue weighted by molar-refractivity contribution is 7.92. The maximum atomic E-state index is 12.0. The molecular formula is C13H10N2O2S. The van der Waals surface area contributed by atoms with E-state index in [2.05, 4.69) is 4.72 Å². The van der Waals surface area contributed by atoms with E-state index in [1.54, 1.807) is 36.4 Å². The van der Waals surface area contributed by atoms with Crippen LogP contribution in [0.5, 0.6) is 0 Å². The van der Waals surface area contributed by atoms with Crippen molar-refractivity contribution in [1.29, 1.82) is 5.26 Å². The van der Waals surface area contributed by atoms with Gasteiger partial charge in [-0.15, -0.1) is 0 Å². The molecule has 0 aliphatic carbocycles. The van der Waals surface area contributed by atoms with E-state index in [4.69, 9.17) is 5.26 Å². The number of anilines is 1. The van der Waals surface area contributed by atoms with Crippen molar-refractivity contribution in [3.8, 4) is 6.07 Å². The van der Waals surface area contributed by atoms with Gasteiger partial charge < -0.3 is 0 Å². The summed E-state index contributed by atoms with van der Waals surface area (Å²) in [4.78, 5) is 0.0744. The summed E-state index contributed by atoms with van der Waals surface area (Å²) in [6, 6.07) is 16.4. The summed E-state index contributed by atoms with van der Waals surface area (Å²) >= 11 is 0. The minimum atomic E-state index is -3.65. The molecule has 0 saturated carbocycles. The zero-order valence-electron chi connectivity index (χ0n) is 9.37. The summed E-state index contributed by atoms with van der Waals surface area (Å²) < 4.78 is 26.5. The van der Waals surface area contributed by atoms with Crippen LogP contribution in [0.4, 0.5) is 5.69 Å². The Balaban J connectivity index is 2.34. The van der Waals surface area contributed by atoms with Gasteiger partial charge in [-0.2, -0.15) is 5.26 Å². The molecule has 2 aromatic rings. The number of nitriles is 1. The summed E-state index contributed by atoms with van der Waals surface area (Å²) in [6.45, 7) is 0. The molecule has 5 heteroatoms. The van der Waals surface area contributed by atoms with Gasteiger partial charge in [0.1, 0.15) is 0 Å². The maximum absolute atomic E-state index is 12.0. The Hall–Kier alpha value is -2.32. The molecule has 90 valence electrons. The molecule has 0 fully saturated rings. The van der Waals surface area contributed by atoms with E-state index in [0.717, 1.165) is 0 Å². The zero-order valence-corrected chi connectivity index (χ0v) is 10.2. The number of para-hydroxylation sites is 1. The number of benzene rings is 2. The van der Waals surface area contributed by atoms with Crippen LogP contribution in [0.2, 0.25) is 0 Å². The fourth-order valence-corrected chi connectivity index (χ4v) is 2.56. The van der Waals surface area contributed by atoms with Crippen molar-refractivity contribution in [1.82, 2.24) is 0 Å². The predicted molar refractivity (Wildman–Crippen MR) is 68.4 cm³/mol. The number of sulfonamides is 1. The van der Waals surface area contributed by atoms with Crippen molar-refractivity contribution in [3.05, 3.63) is 60.2 Å². The average Bonchev–Trinajstić information content (AvgIpc) is 2.39. The predicted octanol–water partition coefficient (Wildman–Crippen LogP) is 2.36. The normalized spacial score (nSPS) is 10.6. The largest absolute Gasteiger partial charge is 0.280 e. The van der Waals surface area contributed by atoms with E-state index < -0.39 is 10.0 Å². The van der Waals surface area contributed by atoms with Crippen LogP contribution in [0.15, 0.2) is 59.5 Å². The van der Waals surface area contributed by atoms with Crippen molar-refractivity contribution >= 4 is 15.7 Å². The topological polar surface area (TPSA) is 70.0 Å². The van der Waals surface area contributed by atoms with Crippen LogP contribution in [-0.2, 0) is 10.0 Å². The fraction of sp³-hybridized carbons (Fsp3) is 0. The van der Waals surface area contributed by atoms with E-state index in [-0.39, 0.29) is 4.90 Å². The fourth-order valence-electron chi connectivity index (χ4n) is 1.45. The van der Waals surface area contributed by atoms with Gasteiger partial charge in [-0.05, 0) is 30.3 Å². The lowest BCUT2D eigenvalue weighted by Gasteiger charge is -2.07. The van der Waals surface area contributed by atoms with Gasteiger partial charge >= 0.3 is 0 Å². The third kappa shape index (κ3) is 2.67. The van der Waals surface area contributed by atoms with Gasteiger partial charge in [-0.1, -0.05) is 24.3 Å². The lowest BCUT2D eigenvalue weighted by atomic mass is 10.2. The highest BCUT2D eigenvalue weighted by atomic mass is 32.2. The Morgan fingerprint density at radius 3 is 2.39 bits per heavy atom. The SMILES string of the molecule is N#Cc1cccc(S(=O)(=O)Nc2ccccc2)c1. The number of nitrogens with one attached hydrogen (secondary N) is 1. The van der Waals surface area contributed by atoms with Gasteiger partial charge in [-0.25, -0.2) is 8.42 Å². The highest BCUT2D eigenvalue weighted by Gasteiger charge is 2.14. The first-order chi connectivity index (χ1) is 8.62. The van der Waals surface area contributed by atoms with Crippen LogP contribution in [-0.4, -0.2) is 8.42 Å². The lowest BCUT2D eigenvalue weighted by molar-refractivity contribution is 0.601. The number of hydrogen-bond acceptors (Lipinski definition) is 3. The zero-order chi connectivity index (χ0) is 13.0. The van der Waals surface area contributed by atoms with Crippen LogP contribution in [0.1, 0.15) is 5.56 Å². The monoisotopic (exact) mass is 258 g/mol. The van der Waals surface area contributed by atoms with Crippen molar-refractivity contribution in [2.45, 2.75) is 4.90 Å². The third-order valence-electron chi connectivity index (χ3n) is 2.30. The number of rotatable bonds is 3. The number of nitrogens with zero attached hydrogens (tertiary/aromatic N) is 1. The highest BCUT2D eigenvalue weighted by Crippen LogP contribution is 2.16. The van der Waals surface area contributed by atoms with Crippen LogP contribution >= 0.6 is 0 Å². The van der Waals surface area contributed by atoms with E-state index >= 15 is 0 Å². The van der Waals surface area contributed by atoms with Crippen LogP contribution in [0.3, 0.4) is 0 Å². The molecule has 0 spiro atoms. The van der Waals surface area contributed by atoms with Crippen LogP contribution < -0.4 is 4.72 Å². The molecular weight excluding hydrogens is 248 g/mol. The molecule has 0 saturated heterocycles. The molecule has 18 heavy (non-hydrogen) atoms. The Morgan fingerprint density at radius 2 is 1.72 bits per heavy atom. The van der Waals surface area contributed by atoms with Gasteiger partial charge in [0, 0.05) is 5.69 Å². The molecule has 0 aromatic heterocycles. The minimum absolute atomic E-state index is 0.0744. The van der Waals surface area contributed by atoms with E-state index in [0.29, 0.717) is 11.3 Å². The van der Waals surface area contributed by atoms with Gasteiger partial charge in [0.25, 0.3) is 10.0 Å². The molecule has 0 aliphatic rings. The van der Waals surface area contributed by atoms with Gasteiger partial charge in [0.15, 0.2) is 0 Å². The summed E-state index contributed by atoms with van der Waals surface area (Å²) in [5.74, 6) is 0. The van der Waals surface area contributed by atoms with Crippen molar-refractivity contribution in [3.63, 3.8) is 0 Å². The summed E-state index contributed by atoms with van der Waals surface area (Å²) in [6.07, 6.45) is 0. The second-order valence-corrected chi connectivity index (χ2v) is 5.29. The smallest absolute Gasteiger partial charge is 0.261 e. The molecule has 0 aliphatic heterocycles. The molecule has 0 amide bonds. The molecule has 0 unspecified atom stereocenters. The Labute approximate surface area is 106 Å². The van der Waals surface area contributed by atoms with Crippen LogP contribution in [0, 0.1) is 11.3 Å². The van der Waals surface area contributed by atoms with E-state index in [1.807, 2.05) is 6.07 Å². The van der Waals surface area contributed by atoms with Crippen molar-refractivity contribution in [2.24, 2.45) is 0 Å². The Morgan fingerprint density at radius 1 is 1.00 bits per heavy atom. The third-order valence-corrected chi connectivity index (χ3v) is 3.68. The second-order valence-electron chi connectivity index (χ2n) is 3.61. The summed E-state index contributed by atoms with van der Waals surface area (Å²) in [7, 11) is -3.65. The average molecular weight is 258 g/mol. The van der Waals surface area contributed by atoms with E-state index in [9.17, 15) is 8.42 Å².